The average molecular weight is 270 g/mol. The maximum absolute atomic E-state index is 13.6. The number of aromatic carboxylic acids is 1. The van der Waals surface area contributed by atoms with Gasteiger partial charge in [0.1, 0.15) is 11.6 Å². The Hall–Kier alpha value is -1.89. The molecule has 1 heterocycles. The van der Waals surface area contributed by atoms with Crippen molar-refractivity contribution in [1.29, 1.82) is 0 Å². The van der Waals surface area contributed by atoms with Gasteiger partial charge in [-0.1, -0.05) is 11.8 Å². The normalized spacial score (nSPS) is 10.6. The molecule has 2 rings (SSSR count). The number of benzene rings is 1. The molecule has 94 valence electrons. The van der Waals surface area contributed by atoms with Crippen LogP contribution in [0.1, 0.15) is 10.4 Å². The monoisotopic (exact) mass is 270 g/mol. The molecule has 1 aromatic heterocycles. The van der Waals surface area contributed by atoms with Gasteiger partial charge in [0, 0.05) is 13.2 Å². The van der Waals surface area contributed by atoms with Crippen molar-refractivity contribution < 1.29 is 18.7 Å². The lowest BCUT2D eigenvalue weighted by molar-refractivity contribution is 0.0695. The minimum absolute atomic E-state index is 0.243. The number of nitrogens with zero attached hydrogens (tertiary/aromatic N) is 2. The highest BCUT2D eigenvalue weighted by molar-refractivity contribution is 7.99. The van der Waals surface area contributed by atoms with Crippen molar-refractivity contribution >= 4 is 17.7 Å². The quantitative estimate of drug-likeness (QED) is 0.931. The minimum atomic E-state index is -1.37. The van der Waals surface area contributed by atoms with Gasteiger partial charge in [-0.2, -0.15) is 5.10 Å². The van der Waals surface area contributed by atoms with E-state index in [1.165, 1.54) is 10.9 Å². The number of halogens is 2. The molecule has 0 radical (unpaired) electrons. The van der Waals surface area contributed by atoms with Crippen LogP contribution >= 0.6 is 11.8 Å². The molecule has 0 saturated heterocycles. The van der Waals surface area contributed by atoms with Crippen LogP contribution in [0.4, 0.5) is 8.78 Å². The number of rotatable bonds is 3. The predicted octanol–water partition coefficient (Wildman–Crippen LogP) is 2.55. The van der Waals surface area contributed by atoms with Crippen molar-refractivity contribution in [3.63, 3.8) is 0 Å². The van der Waals surface area contributed by atoms with Crippen LogP contribution in [0.25, 0.3) is 0 Å². The molecule has 0 spiro atoms. The van der Waals surface area contributed by atoms with Crippen LogP contribution in [0.5, 0.6) is 0 Å². The highest BCUT2D eigenvalue weighted by Gasteiger charge is 2.16. The minimum Gasteiger partial charge on any atom is -0.478 e. The lowest BCUT2D eigenvalue weighted by Gasteiger charge is -2.04. The van der Waals surface area contributed by atoms with E-state index in [9.17, 15) is 13.6 Å². The fourth-order valence-corrected chi connectivity index (χ4v) is 2.20. The van der Waals surface area contributed by atoms with Gasteiger partial charge >= 0.3 is 5.97 Å². The number of hydrogen-bond acceptors (Lipinski definition) is 3. The van der Waals surface area contributed by atoms with E-state index in [0.717, 1.165) is 23.9 Å². The number of hydrogen-bond donors (Lipinski definition) is 1. The van der Waals surface area contributed by atoms with Crippen LogP contribution in [0, 0.1) is 11.6 Å². The fourth-order valence-electron chi connectivity index (χ4n) is 1.35. The van der Waals surface area contributed by atoms with E-state index in [4.69, 9.17) is 5.11 Å². The van der Waals surface area contributed by atoms with E-state index in [2.05, 4.69) is 5.10 Å². The second kappa shape index (κ2) is 4.77. The molecule has 2 aromatic rings. The molecule has 0 aliphatic carbocycles. The standard InChI is InChI=1S/C11H8F2N2O2S/c1-15-5-7(4-14-15)18-10-8(12)2-6(11(16)17)3-9(10)13/h2-5H,1H3,(H,16,17). The van der Waals surface area contributed by atoms with Gasteiger partial charge in [-0.05, 0) is 12.1 Å². The topological polar surface area (TPSA) is 55.1 Å². The molecule has 0 bridgehead atoms. The molecule has 7 heteroatoms. The van der Waals surface area contributed by atoms with E-state index in [1.54, 1.807) is 13.2 Å². The molecule has 0 fully saturated rings. The number of carboxylic acids is 1. The largest absolute Gasteiger partial charge is 0.478 e. The van der Waals surface area contributed by atoms with Crippen molar-refractivity contribution in [2.45, 2.75) is 9.79 Å². The van der Waals surface area contributed by atoms with Crippen molar-refractivity contribution in [3.05, 3.63) is 41.7 Å². The summed E-state index contributed by atoms with van der Waals surface area (Å²) in [5, 5.41) is 12.5. The Labute approximate surface area is 105 Å². The summed E-state index contributed by atoms with van der Waals surface area (Å²) in [6, 6.07) is 1.59. The van der Waals surface area contributed by atoms with E-state index < -0.39 is 23.2 Å². The van der Waals surface area contributed by atoms with E-state index in [1.807, 2.05) is 0 Å². The molecular weight excluding hydrogens is 262 g/mol. The molecule has 0 saturated carbocycles. The smallest absolute Gasteiger partial charge is 0.335 e. The maximum Gasteiger partial charge on any atom is 0.335 e. The molecule has 0 aliphatic rings. The zero-order chi connectivity index (χ0) is 13.3. The summed E-state index contributed by atoms with van der Waals surface area (Å²) in [5.74, 6) is -3.17. The number of carboxylic acid groups (broad SMARTS) is 1. The van der Waals surface area contributed by atoms with Gasteiger partial charge in [0.2, 0.25) is 0 Å². The first-order valence-corrected chi connectivity index (χ1v) is 5.68. The zero-order valence-electron chi connectivity index (χ0n) is 9.22. The van der Waals surface area contributed by atoms with Gasteiger partial charge in [0.25, 0.3) is 0 Å². The molecule has 4 nitrogen and oxygen atoms in total. The van der Waals surface area contributed by atoms with Crippen molar-refractivity contribution in [3.8, 4) is 0 Å². The summed E-state index contributed by atoms with van der Waals surface area (Å²) < 4.78 is 28.7. The third-order valence-electron chi connectivity index (χ3n) is 2.15. The van der Waals surface area contributed by atoms with Crippen molar-refractivity contribution in [2.24, 2.45) is 7.05 Å². The van der Waals surface area contributed by atoms with Crippen molar-refractivity contribution in [1.82, 2.24) is 9.78 Å². The lowest BCUT2D eigenvalue weighted by atomic mass is 10.2. The highest BCUT2D eigenvalue weighted by atomic mass is 32.2. The first kappa shape index (κ1) is 12.6. The third kappa shape index (κ3) is 2.51. The number of aromatic nitrogens is 2. The molecule has 0 aliphatic heterocycles. The summed E-state index contributed by atoms with van der Waals surface area (Å²) in [6.07, 6.45) is 3.07. The molecule has 18 heavy (non-hydrogen) atoms. The van der Waals surface area contributed by atoms with Gasteiger partial charge in [-0.3, -0.25) is 4.68 Å². The number of aryl methyl sites for hydroxylation is 1. The van der Waals surface area contributed by atoms with Crippen molar-refractivity contribution in [2.75, 3.05) is 0 Å². The summed E-state index contributed by atoms with van der Waals surface area (Å²) in [6.45, 7) is 0. The highest BCUT2D eigenvalue weighted by Crippen LogP contribution is 2.32. The van der Waals surface area contributed by atoms with Gasteiger partial charge in [-0.15, -0.1) is 0 Å². The summed E-state index contributed by atoms with van der Waals surface area (Å²) in [7, 11) is 1.68. The molecule has 1 aromatic carbocycles. The molecule has 0 atom stereocenters. The Morgan fingerprint density at radius 1 is 1.39 bits per heavy atom. The lowest BCUT2D eigenvalue weighted by Crippen LogP contribution is -2.00. The maximum atomic E-state index is 13.6. The summed E-state index contributed by atoms with van der Waals surface area (Å²) in [4.78, 5) is 11.0. The molecule has 0 unspecified atom stereocenters. The third-order valence-corrected chi connectivity index (χ3v) is 3.19. The zero-order valence-corrected chi connectivity index (χ0v) is 10.0. The van der Waals surface area contributed by atoms with Crippen LogP contribution in [0.15, 0.2) is 34.3 Å². The average Bonchev–Trinajstić information content (AvgIpc) is 2.69. The van der Waals surface area contributed by atoms with Crippen LogP contribution in [0.3, 0.4) is 0 Å². The Morgan fingerprint density at radius 2 is 2.00 bits per heavy atom. The van der Waals surface area contributed by atoms with Crippen LogP contribution in [-0.2, 0) is 7.05 Å². The number of carbonyl (C=O) groups is 1. The van der Waals surface area contributed by atoms with E-state index in [0.29, 0.717) is 4.90 Å². The van der Waals surface area contributed by atoms with Gasteiger partial charge in [-0.25, -0.2) is 13.6 Å². The van der Waals surface area contributed by atoms with Gasteiger partial charge in [0.05, 0.1) is 21.6 Å². The second-order valence-corrected chi connectivity index (χ2v) is 4.61. The molecule has 1 N–H and O–H groups in total. The van der Waals surface area contributed by atoms with Gasteiger partial charge in [0.15, 0.2) is 0 Å². The Morgan fingerprint density at radius 3 is 2.44 bits per heavy atom. The van der Waals surface area contributed by atoms with E-state index >= 15 is 0 Å². The van der Waals surface area contributed by atoms with E-state index in [-0.39, 0.29) is 4.90 Å². The molecular formula is C11H8F2N2O2S. The van der Waals surface area contributed by atoms with Crippen LogP contribution in [-0.4, -0.2) is 20.9 Å². The predicted molar refractivity (Wildman–Crippen MR) is 60.6 cm³/mol. The Balaban J connectivity index is 2.37. The first-order chi connectivity index (χ1) is 8.47. The summed E-state index contributed by atoms with van der Waals surface area (Å²) >= 11 is 0.856. The van der Waals surface area contributed by atoms with Crippen LogP contribution in [0.2, 0.25) is 0 Å². The molecule has 0 amide bonds. The summed E-state index contributed by atoms with van der Waals surface area (Å²) in [5.41, 5.74) is -0.416. The van der Waals surface area contributed by atoms with Crippen LogP contribution < -0.4 is 0 Å². The first-order valence-electron chi connectivity index (χ1n) is 4.86. The van der Waals surface area contributed by atoms with Gasteiger partial charge < -0.3 is 5.11 Å². The Bertz CT molecular complexity index is 590. The Kier molecular flexibility index (Phi) is 3.33. The second-order valence-electron chi connectivity index (χ2n) is 3.53. The SMILES string of the molecule is Cn1cc(Sc2c(F)cc(C(=O)O)cc2F)cn1. The fraction of sp³-hybridized carbons (Fsp3) is 0.0909.